The van der Waals surface area contributed by atoms with Gasteiger partial charge in [0.15, 0.2) is 0 Å². The highest BCUT2D eigenvalue weighted by Crippen LogP contribution is 2.04. The molecule has 0 heterocycles. The van der Waals surface area contributed by atoms with Crippen LogP contribution in [0.15, 0.2) is 30.3 Å². The molecule has 0 saturated heterocycles. The smallest absolute Gasteiger partial charge is 0.312 e. The molecule has 2 amide bonds. The standard InChI is InChI=1S/C15H22N2O4/c1-21-11-5-8-16-14(19)15(20)17(9-10-18)12-13-6-3-2-4-7-13/h2-4,6-7,18H,5,8-12H2,1H3,(H,16,19). The largest absolute Gasteiger partial charge is 0.395 e. The fourth-order valence-corrected chi connectivity index (χ4v) is 1.81. The normalized spacial score (nSPS) is 10.2. The second-order valence-corrected chi connectivity index (χ2v) is 4.54. The van der Waals surface area contributed by atoms with Crippen LogP contribution in [-0.4, -0.2) is 55.2 Å². The van der Waals surface area contributed by atoms with Crippen molar-refractivity contribution in [1.82, 2.24) is 10.2 Å². The Bertz CT molecular complexity index is 437. The first-order valence-electron chi connectivity index (χ1n) is 6.90. The molecule has 0 radical (unpaired) electrons. The summed E-state index contributed by atoms with van der Waals surface area (Å²) in [5.74, 6) is -1.29. The molecule has 1 rings (SSSR count). The molecule has 0 spiro atoms. The molecule has 0 aliphatic carbocycles. The van der Waals surface area contributed by atoms with Gasteiger partial charge >= 0.3 is 11.8 Å². The third-order valence-corrected chi connectivity index (χ3v) is 2.88. The summed E-state index contributed by atoms with van der Waals surface area (Å²) in [6.07, 6.45) is 0.647. The number of methoxy groups -OCH3 is 1. The first-order chi connectivity index (χ1) is 10.2. The summed E-state index contributed by atoms with van der Waals surface area (Å²) >= 11 is 0. The third-order valence-electron chi connectivity index (χ3n) is 2.88. The molecule has 0 saturated carbocycles. The molecule has 2 N–H and O–H groups in total. The Balaban J connectivity index is 2.54. The monoisotopic (exact) mass is 294 g/mol. The zero-order valence-electron chi connectivity index (χ0n) is 12.2. The van der Waals surface area contributed by atoms with Crippen LogP contribution in [0.2, 0.25) is 0 Å². The first-order valence-corrected chi connectivity index (χ1v) is 6.90. The van der Waals surface area contributed by atoms with Crippen molar-refractivity contribution < 1.29 is 19.4 Å². The Morgan fingerprint density at radius 2 is 2.00 bits per heavy atom. The molecule has 21 heavy (non-hydrogen) atoms. The van der Waals surface area contributed by atoms with E-state index in [2.05, 4.69) is 5.32 Å². The van der Waals surface area contributed by atoms with Crippen molar-refractivity contribution in [3.8, 4) is 0 Å². The Morgan fingerprint density at radius 3 is 2.62 bits per heavy atom. The molecule has 0 fully saturated rings. The Labute approximate surface area is 124 Å². The van der Waals surface area contributed by atoms with Crippen LogP contribution in [0.3, 0.4) is 0 Å². The van der Waals surface area contributed by atoms with Crippen molar-refractivity contribution in [2.75, 3.05) is 33.4 Å². The average molecular weight is 294 g/mol. The molecule has 0 aliphatic rings. The van der Waals surface area contributed by atoms with Crippen molar-refractivity contribution in [3.05, 3.63) is 35.9 Å². The number of amides is 2. The number of hydrogen-bond acceptors (Lipinski definition) is 4. The second kappa shape index (κ2) is 9.90. The van der Waals surface area contributed by atoms with Gasteiger partial charge in [0.05, 0.1) is 6.61 Å². The summed E-state index contributed by atoms with van der Waals surface area (Å²) in [5.41, 5.74) is 0.909. The van der Waals surface area contributed by atoms with Gasteiger partial charge < -0.3 is 20.1 Å². The Kier molecular flexibility index (Phi) is 8.08. The van der Waals surface area contributed by atoms with Crippen LogP contribution in [0.1, 0.15) is 12.0 Å². The van der Waals surface area contributed by atoms with Gasteiger partial charge in [-0.3, -0.25) is 9.59 Å². The molecule has 0 aliphatic heterocycles. The quantitative estimate of drug-likeness (QED) is 0.529. The third kappa shape index (κ3) is 6.37. The lowest BCUT2D eigenvalue weighted by Gasteiger charge is -2.21. The Morgan fingerprint density at radius 1 is 1.29 bits per heavy atom. The van der Waals surface area contributed by atoms with Gasteiger partial charge in [0, 0.05) is 33.4 Å². The first kappa shape index (κ1) is 17.1. The number of carbonyl (C=O) groups excluding carboxylic acids is 2. The van der Waals surface area contributed by atoms with Gasteiger partial charge in [-0.15, -0.1) is 0 Å². The van der Waals surface area contributed by atoms with Gasteiger partial charge in [-0.2, -0.15) is 0 Å². The van der Waals surface area contributed by atoms with Crippen LogP contribution in [-0.2, 0) is 20.9 Å². The van der Waals surface area contributed by atoms with Crippen LogP contribution < -0.4 is 5.32 Å². The SMILES string of the molecule is COCCCNC(=O)C(=O)N(CCO)Cc1ccccc1. The van der Waals surface area contributed by atoms with Crippen molar-refractivity contribution in [2.24, 2.45) is 0 Å². The molecular weight excluding hydrogens is 272 g/mol. The summed E-state index contributed by atoms with van der Waals surface area (Å²) in [7, 11) is 1.58. The van der Waals surface area contributed by atoms with Crippen molar-refractivity contribution >= 4 is 11.8 Å². The molecule has 116 valence electrons. The van der Waals surface area contributed by atoms with Gasteiger partial charge in [0.2, 0.25) is 0 Å². The summed E-state index contributed by atoms with van der Waals surface area (Å²) in [6.45, 7) is 1.15. The van der Waals surface area contributed by atoms with E-state index in [0.717, 1.165) is 5.56 Å². The molecule has 0 bridgehead atoms. The highest BCUT2D eigenvalue weighted by molar-refractivity contribution is 6.34. The predicted molar refractivity (Wildman–Crippen MR) is 78.4 cm³/mol. The van der Waals surface area contributed by atoms with Gasteiger partial charge in [-0.05, 0) is 12.0 Å². The van der Waals surface area contributed by atoms with E-state index in [0.29, 0.717) is 26.1 Å². The number of rotatable bonds is 8. The number of nitrogens with one attached hydrogen (secondary N) is 1. The summed E-state index contributed by atoms with van der Waals surface area (Å²) in [4.78, 5) is 25.2. The number of aliphatic hydroxyl groups is 1. The number of benzene rings is 1. The Hall–Kier alpha value is -1.92. The molecule has 0 atom stereocenters. The van der Waals surface area contributed by atoms with E-state index in [4.69, 9.17) is 9.84 Å². The van der Waals surface area contributed by atoms with Gasteiger partial charge in [-0.1, -0.05) is 30.3 Å². The minimum Gasteiger partial charge on any atom is -0.395 e. The topological polar surface area (TPSA) is 78.9 Å². The predicted octanol–water partition coefficient (Wildman–Crippen LogP) is 0.160. The molecular formula is C15H22N2O4. The molecule has 0 aromatic heterocycles. The van der Waals surface area contributed by atoms with Gasteiger partial charge in [0.1, 0.15) is 0 Å². The highest BCUT2D eigenvalue weighted by Gasteiger charge is 2.21. The zero-order valence-corrected chi connectivity index (χ0v) is 12.2. The van der Waals surface area contributed by atoms with Crippen LogP contribution in [0.5, 0.6) is 0 Å². The van der Waals surface area contributed by atoms with E-state index in [9.17, 15) is 9.59 Å². The van der Waals surface area contributed by atoms with E-state index < -0.39 is 11.8 Å². The van der Waals surface area contributed by atoms with Gasteiger partial charge in [0.25, 0.3) is 0 Å². The lowest BCUT2D eigenvalue weighted by atomic mass is 10.2. The number of aliphatic hydroxyl groups excluding tert-OH is 1. The van der Waals surface area contributed by atoms with E-state index >= 15 is 0 Å². The summed E-state index contributed by atoms with van der Waals surface area (Å²) in [5, 5.41) is 11.6. The average Bonchev–Trinajstić information content (AvgIpc) is 2.51. The number of ether oxygens (including phenoxy) is 1. The van der Waals surface area contributed by atoms with Gasteiger partial charge in [-0.25, -0.2) is 0 Å². The van der Waals surface area contributed by atoms with Crippen LogP contribution >= 0.6 is 0 Å². The fourth-order valence-electron chi connectivity index (χ4n) is 1.81. The number of carbonyl (C=O) groups is 2. The van der Waals surface area contributed by atoms with Crippen molar-refractivity contribution in [1.29, 1.82) is 0 Å². The minimum atomic E-state index is -0.657. The lowest BCUT2D eigenvalue weighted by molar-refractivity contribution is -0.146. The van der Waals surface area contributed by atoms with E-state index in [-0.39, 0.29) is 13.2 Å². The molecule has 6 nitrogen and oxygen atoms in total. The minimum absolute atomic E-state index is 0.124. The van der Waals surface area contributed by atoms with Crippen LogP contribution in [0, 0.1) is 0 Å². The fraction of sp³-hybridized carbons (Fsp3) is 0.467. The molecule has 1 aromatic carbocycles. The molecule has 1 aromatic rings. The van der Waals surface area contributed by atoms with E-state index in [1.165, 1.54) is 4.90 Å². The lowest BCUT2D eigenvalue weighted by Crippen LogP contribution is -2.44. The number of nitrogens with zero attached hydrogens (tertiary/aromatic N) is 1. The maximum atomic E-state index is 12.1. The second-order valence-electron chi connectivity index (χ2n) is 4.54. The maximum absolute atomic E-state index is 12.1. The molecule has 0 unspecified atom stereocenters. The van der Waals surface area contributed by atoms with E-state index in [1.54, 1.807) is 7.11 Å². The van der Waals surface area contributed by atoms with Crippen molar-refractivity contribution in [2.45, 2.75) is 13.0 Å². The maximum Gasteiger partial charge on any atom is 0.312 e. The van der Waals surface area contributed by atoms with Crippen molar-refractivity contribution in [3.63, 3.8) is 0 Å². The summed E-state index contributed by atoms with van der Waals surface area (Å²) < 4.78 is 4.87. The summed E-state index contributed by atoms with van der Waals surface area (Å²) in [6, 6.07) is 9.34. The van der Waals surface area contributed by atoms with E-state index in [1.807, 2.05) is 30.3 Å². The zero-order chi connectivity index (χ0) is 15.5. The molecule has 6 heteroatoms. The van der Waals surface area contributed by atoms with Crippen LogP contribution in [0.4, 0.5) is 0 Å². The van der Waals surface area contributed by atoms with Crippen LogP contribution in [0.25, 0.3) is 0 Å². The highest BCUT2D eigenvalue weighted by atomic mass is 16.5. The number of hydrogen-bond donors (Lipinski definition) is 2.